The maximum Gasteiger partial charge on any atom is 0.253 e. The Morgan fingerprint density at radius 1 is 0.897 bits per heavy atom. The molecular weight excluding hydrogens is 364 g/mol. The molecule has 7 heteroatoms. The van der Waals surface area contributed by atoms with Crippen molar-refractivity contribution in [3.05, 3.63) is 71.4 Å². The molecule has 0 saturated carbocycles. The predicted octanol–water partition coefficient (Wildman–Crippen LogP) is 3.19. The van der Waals surface area contributed by atoms with Gasteiger partial charge in [0.25, 0.3) is 5.91 Å². The summed E-state index contributed by atoms with van der Waals surface area (Å²) in [6.45, 7) is 6.83. The molecule has 2 aromatic heterocycles. The number of nitrogens with one attached hydrogen (secondary N) is 1. The van der Waals surface area contributed by atoms with Crippen molar-refractivity contribution >= 4 is 23.4 Å². The smallest absolute Gasteiger partial charge is 0.253 e. The summed E-state index contributed by atoms with van der Waals surface area (Å²) in [5.41, 5.74) is 2.97. The largest absolute Gasteiger partial charge is 0.352 e. The lowest BCUT2D eigenvalue weighted by atomic mass is 10.1. The summed E-state index contributed by atoms with van der Waals surface area (Å²) in [4.78, 5) is 21.0. The lowest BCUT2D eigenvalue weighted by Crippen LogP contribution is -2.49. The summed E-state index contributed by atoms with van der Waals surface area (Å²) >= 11 is 0. The number of carbonyl (C=O) groups is 1. The molecule has 1 saturated heterocycles. The minimum Gasteiger partial charge on any atom is -0.352 e. The molecule has 0 bridgehead atoms. The van der Waals surface area contributed by atoms with E-state index in [1.54, 1.807) is 6.20 Å². The second kappa shape index (κ2) is 8.26. The van der Waals surface area contributed by atoms with Crippen LogP contribution in [0.15, 0.2) is 54.7 Å². The summed E-state index contributed by atoms with van der Waals surface area (Å²) in [5, 5.41) is 11.8. The van der Waals surface area contributed by atoms with Crippen molar-refractivity contribution in [2.24, 2.45) is 0 Å². The number of carbonyl (C=O) groups excluding carboxylic acids is 1. The quantitative estimate of drug-likeness (QED) is 0.740. The van der Waals surface area contributed by atoms with Gasteiger partial charge in [0.1, 0.15) is 5.82 Å². The minimum absolute atomic E-state index is 0.0876. The van der Waals surface area contributed by atoms with E-state index in [-0.39, 0.29) is 5.91 Å². The number of amides is 1. The maximum atomic E-state index is 12.7. The molecule has 4 rings (SSSR count). The van der Waals surface area contributed by atoms with Crippen LogP contribution < -0.4 is 10.2 Å². The van der Waals surface area contributed by atoms with E-state index >= 15 is 0 Å². The highest BCUT2D eigenvalue weighted by molar-refractivity contribution is 5.94. The fourth-order valence-corrected chi connectivity index (χ4v) is 3.40. The van der Waals surface area contributed by atoms with Gasteiger partial charge in [-0.15, -0.1) is 10.2 Å². The molecule has 1 fully saturated rings. The average Bonchev–Trinajstić information content (AvgIpc) is 2.74. The van der Waals surface area contributed by atoms with Gasteiger partial charge in [0, 0.05) is 37.9 Å². The fraction of sp³-hybridized carbons (Fsp3) is 0.273. The molecular formula is C22H24N6O. The van der Waals surface area contributed by atoms with E-state index in [0.717, 1.165) is 41.4 Å². The molecule has 7 nitrogen and oxygen atoms in total. The van der Waals surface area contributed by atoms with Gasteiger partial charge in [-0.3, -0.25) is 4.79 Å². The first-order chi connectivity index (χ1) is 14.1. The molecule has 1 aliphatic rings. The van der Waals surface area contributed by atoms with Crippen LogP contribution in [-0.4, -0.2) is 52.2 Å². The van der Waals surface area contributed by atoms with Crippen LogP contribution in [0, 0.1) is 13.8 Å². The molecule has 1 N–H and O–H groups in total. The van der Waals surface area contributed by atoms with Crippen LogP contribution in [-0.2, 0) is 0 Å². The number of aromatic nitrogens is 3. The second-order valence-electron chi connectivity index (χ2n) is 7.27. The number of pyridine rings is 1. The minimum atomic E-state index is 0.0876. The Morgan fingerprint density at radius 2 is 1.69 bits per heavy atom. The Morgan fingerprint density at radius 3 is 2.38 bits per heavy atom. The number of hydrogen-bond acceptors (Lipinski definition) is 6. The van der Waals surface area contributed by atoms with Crippen LogP contribution >= 0.6 is 0 Å². The molecule has 1 aliphatic heterocycles. The standard InChI is InChI=1S/C22H24N6O/c1-16-4-3-5-18(14-16)22(29)28-12-10-27(11-13-28)21-7-6-19(25-26-21)24-20-15-17(2)8-9-23-20/h3-9,14-15H,10-13H2,1-2H3,(H,23,24,25). The molecule has 148 valence electrons. The molecule has 0 atom stereocenters. The van der Waals surface area contributed by atoms with Crippen molar-refractivity contribution in [1.29, 1.82) is 0 Å². The van der Waals surface area contributed by atoms with Crippen molar-refractivity contribution in [2.75, 3.05) is 36.4 Å². The number of rotatable bonds is 4. The molecule has 1 amide bonds. The molecule has 0 unspecified atom stereocenters. The highest BCUT2D eigenvalue weighted by Crippen LogP contribution is 2.18. The van der Waals surface area contributed by atoms with Crippen LogP contribution in [0.3, 0.4) is 0 Å². The molecule has 1 aromatic carbocycles. The molecule has 0 aliphatic carbocycles. The van der Waals surface area contributed by atoms with Gasteiger partial charge in [0.15, 0.2) is 11.6 Å². The van der Waals surface area contributed by atoms with E-state index in [0.29, 0.717) is 18.9 Å². The zero-order valence-corrected chi connectivity index (χ0v) is 16.7. The van der Waals surface area contributed by atoms with E-state index in [9.17, 15) is 4.79 Å². The zero-order chi connectivity index (χ0) is 20.2. The average molecular weight is 388 g/mol. The first kappa shape index (κ1) is 18.9. The molecule has 3 aromatic rings. The van der Waals surface area contributed by atoms with Gasteiger partial charge in [-0.1, -0.05) is 17.7 Å². The van der Waals surface area contributed by atoms with Gasteiger partial charge in [-0.25, -0.2) is 4.98 Å². The van der Waals surface area contributed by atoms with Crippen LogP contribution in [0.2, 0.25) is 0 Å². The third kappa shape index (κ3) is 4.51. The van der Waals surface area contributed by atoms with Crippen molar-refractivity contribution in [2.45, 2.75) is 13.8 Å². The van der Waals surface area contributed by atoms with E-state index in [4.69, 9.17) is 0 Å². The Hall–Kier alpha value is -3.48. The van der Waals surface area contributed by atoms with E-state index < -0.39 is 0 Å². The first-order valence-corrected chi connectivity index (χ1v) is 9.73. The highest BCUT2D eigenvalue weighted by Gasteiger charge is 2.23. The summed E-state index contributed by atoms with van der Waals surface area (Å²) in [5.74, 6) is 2.30. The Labute approximate surface area is 170 Å². The first-order valence-electron chi connectivity index (χ1n) is 9.73. The van der Waals surface area contributed by atoms with E-state index in [1.165, 1.54) is 0 Å². The molecule has 0 spiro atoms. The van der Waals surface area contributed by atoms with Crippen LogP contribution in [0.4, 0.5) is 17.5 Å². The number of nitrogens with zero attached hydrogens (tertiary/aromatic N) is 5. The molecule has 0 radical (unpaired) electrons. The number of anilines is 3. The summed E-state index contributed by atoms with van der Waals surface area (Å²) in [6, 6.07) is 15.5. The Kier molecular flexibility index (Phi) is 5.37. The normalized spacial score (nSPS) is 14.0. The van der Waals surface area contributed by atoms with E-state index in [1.807, 2.05) is 67.3 Å². The van der Waals surface area contributed by atoms with Gasteiger partial charge in [-0.05, 0) is 55.8 Å². The van der Waals surface area contributed by atoms with Crippen LogP contribution in [0.1, 0.15) is 21.5 Å². The third-order valence-corrected chi connectivity index (χ3v) is 4.98. The van der Waals surface area contributed by atoms with Gasteiger partial charge < -0.3 is 15.1 Å². The highest BCUT2D eigenvalue weighted by atomic mass is 16.2. The fourth-order valence-electron chi connectivity index (χ4n) is 3.40. The topological polar surface area (TPSA) is 74.2 Å². The third-order valence-electron chi connectivity index (χ3n) is 4.98. The SMILES string of the molecule is Cc1cccc(C(=O)N2CCN(c3ccc(Nc4cc(C)ccn4)nn3)CC2)c1. The van der Waals surface area contributed by atoms with Gasteiger partial charge in [0.05, 0.1) is 0 Å². The van der Waals surface area contributed by atoms with Crippen molar-refractivity contribution in [3.8, 4) is 0 Å². The van der Waals surface area contributed by atoms with Crippen molar-refractivity contribution in [3.63, 3.8) is 0 Å². The lowest BCUT2D eigenvalue weighted by Gasteiger charge is -2.35. The number of hydrogen-bond donors (Lipinski definition) is 1. The van der Waals surface area contributed by atoms with E-state index in [2.05, 4.69) is 25.4 Å². The number of benzene rings is 1. The molecule has 29 heavy (non-hydrogen) atoms. The number of aryl methyl sites for hydroxylation is 2. The summed E-state index contributed by atoms with van der Waals surface area (Å²) in [7, 11) is 0. The monoisotopic (exact) mass is 388 g/mol. The van der Waals surface area contributed by atoms with Gasteiger partial charge in [-0.2, -0.15) is 0 Å². The Bertz CT molecular complexity index is 996. The Balaban J connectivity index is 1.35. The zero-order valence-electron chi connectivity index (χ0n) is 16.7. The maximum absolute atomic E-state index is 12.7. The molecule has 3 heterocycles. The second-order valence-corrected chi connectivity index (χ2v) is 7.27. The van der Waals surface area contributed by atoms with Crippen LogP contribution in [0.25, 0.3) is 0 Å². The number of piperazine rings is 1. The van der Waals surface area contributed by atoms with Crippen molar-refractivity contribution in [1.82, 2.24) is 20.1 Å². The van der Waals surface area contributed by atoms with Gasteiger partial charge in [0.2, 0.25) is 0 Å². The predicted molar refractivity (Wildman–Crippen MR) is 114 cm³/mol. The summed E-state index contributed by atoms with van der Waals surface area (Å²) in [6.07, 6.45) is 1.76. The summed E-state index contributed by atoms with van der Waals surface area (Å²) < 4.78 is 0. The van der Waals surface area contributed by atoms with Gasteiger partial charge >= 0.3 is 0 Å². The lowest BCUT2D eigenvalue weighted by molar-refractivity contribution is 0.0746. The van der Waals surface area contributed by atoms with Crippen LogP contribution in [0.5, 0.6) is 0 Å². The van der Waals surface area contributed by atoms with Crippen molar-refractivity contribution < 1.29 is 4.79 Å².